The summed E-state index contributed by atoms with van der Waals surface area (Å²) in [5, 5.41) is 2.96. The standard InChI is InChI=1S/C23H29N3O3S/c27-23(25-21-12-13-26(17-21)16-18-6-2-1-3-7-18)15-24-30(28,29)22-11-10-19-8-4-5-9-20(19)14-22/h1-3,6-7,10-11,14,21,24H,4-5,8-9,12-13,15-17H2,(H,25,27)/t21-/m1/s1. The van der Waals surface area contributed by atoms with E-state index >= 15 is 0 Å². The summed E-state index contributed by atoms with van der Waals surface area (Å²) in [5.41, 5.74) is 3.60. The molecule has 6 nitrogen and oxygen atoms in total. The molecule has 0 radical (unpaired) electrons. The molecule has 1 fully saturated rings. The number of nitrogens with zero attached hydrogens (tertiary/aromatic N) is 1. The molecule has 0 saturated carbocycles. The van der Waals surface area contributed by atoms with Crippen LogP contribution in [-0.4, -0.2) is 44.9 Å². The smallest absolute Gasteiger partial charge is 0.241 e. The van der Waals surface area contributed by atoms with Crippen LogP contribution in [0.2, 0.25) is 0 Å². The first-order valence-electron chi connectivity index (χ1n) is 10.7. The first kappa shape index (κ1) is 21.0. The second-order valence-corrected chi connectivity index (χ2v) is 10.0. The highest BCUT2D eigenvalue weighted by molar-refractivity contribution is 7.89. The molecule has 2 aromatic rings. The van der Waals surface area contributed by atoms with Crippen molar-refractivity contribution in [2.75, 3.05) is 19.6 Å². The zero-order chi connectivity index (χ0) is 21.0. The van der Waals surface area contributed by atoms with E-state index in [0.29, 0.717) is 0 Å². The minimum atomic E-state index is -3.70. The van der Waals surface area contributed by atoms with Gasteiger partial charge in [-0.3, -0.25) is 9.69 Å². The van der Waals surface area contributed by atoms with Crippen LogP contribution in [0.25, 0.3) is 0 Å². The van der Waals surface area contributed by atoms with Crippen molar-refractivity contribution >= 4 is 15.9 Å². The molecule has 1 aliphatic carbocycles. The van der Waals surface area contributed by atoms with Gasteiger partial charge in [-0.05, 0) is 60.9 Å². The first-order valence-corrected chi connectivity index (χ1v) is 12.1. The van der Waals surface area contributed by atoms with Crippen LogP contribution in [0.4, 0.5) is 0 Å². The van der Waals surface area contributed by atoms with Gasteiger partial charge in [0.25, 0.3) is 0 Å². The highest BCUT2D eigenvalue weighted by atomic mass is 32.2. The number of carbonyl (C=O) groups excluding carboxylic acids is 1. The van der Waals surface area contributed by atoms with Gasteiger partial charge in [0.2, 0.25) is 15.9 Å². The summed E-state index contributed by atoms with van der Waals surface area (Å²) >= 11 is 0. The maximum atomic E-state index is 12.6. The summed E-state index contributed by atoms with van der Waals surface area (Å²) in [6.07, 6.45) is 5.04. The van der Waals surface area contributed by atoms with Crippen molar-refractivity contribution in [3.8, 4) is 0 Å². The molecule has 30 heavy (non-hydrogen) atoms. The lowest BCUT2D eigenvalue weighted by Gasteiger charge is -2.18. The van der Waals surface area contributed by atoms with Crippen LogP contribution in [0.5, 0.6) is 0 Å². The molecule has 0 spiro atoms. The predicted molar refractivity (Wildman–Crippen MR) is 117 cm³/mol. The van der Waals surface area contributed by atoms with Gasteiger partial charge < -0.3 is 5.32 Å². The van der Waals surface area contributed by atoms with Crippen molar-refractivity contribution in [3.63, 3.8) is 0 Å². The molecular formula is C23H29N3O3S. The molecule has 1 amide bonds. The van der Waals surface area contributed by atoms with E-state index in [-0.39, 0.29) is 23.4 Å². The van der Waals surface area contributed by atoms with E-state index in [0.717, 1.165) is 57.3 Å². The monoisotopic (exact) mass is 427 g/mol. The quantitative estimate of drug-likeness (QED) is 0.710. The summed E-state index contributed by atoms with van der Waals surface area (Å²) in [4.78, 5) is 14.9. The van der Waals surface area contributed by atoms with Crippen LogP contribution in [0.15, 0.2) is 53.4 Å². The number of aryl methyl sites for hydroxylation is 2. The molecular weight excluding hydrogens is 398 g/mol. The molecule has 1 heterocycles. The lowest BCUT2D eigenvalue weighted by molar-refractivity contribution is -0.120. The average molecular weight is 428 g/mol. The van der Waals surface area contributed by atoms with Crippen molar-refractivity contribution < 1.29 is 13.2 Å². The number of sulfonamides is 1. The van der Waals surface area contributed by atoms with Crippen molar-refractivity contribution in [2.45, 2.75) is 49.6 Å². The predicted octanol–water partition coefficient (Wildman–Crippen LogP) is 2.23. The third kappa shape index (κ3) is 5.28. The number of benzene rings is 2. The number of hydrogen-bond acceptors (Lipinski definition) is 4. The van der Waals surface area contributed by atoms with E-state index in [2.05, 4.69) is 27.1 Å². The topological polar surface area (TPSA) is 78.5 Å². The SMILES string of the molecule is O=C(CNS(=O)(=O)c1ccc2c(c1)CCCC2)N[C@@H]1CCN(Cc2ccccc2)C1. The van der Waals surface area contributed by atoms with Crippen LogP contribution in [0.3, 0.4) is 0 Å². The molecule has 7 heteroatoms. The van der Waals surface area contributed by atoms with Crippen molar-refractivity contribution in [1.29, 1.82) is 0 Å². The van der Waals surface area contributed by atoms with E-state index in [1.807, 2.05) is 24.3 Å². The van der Waals surface area contributed by atoms with Crippen LogP contribution < -0.4 is 10.0 Å². The largest absolute Gasteiger partial charge is 0.351 e. The van der Waals surface area contributed by atoms with E-state index in [1.54, 1.807) is 12.1 Å². The van der Waals surface area contributed by atoms with Gasteiger partial charge in [-0.25, -0.2) is 13.1 Å². The van der Waals surface area contributed by atoms with Crippen LogP contribution in [0.1, 0.15) is 36.0 Å². The lowest BCUT2D eigenvalue weighted by Crippen LogP contribution is -2.43. The van der Waals surface area contributed by atoms with E-state index in [1.165, 1.54) is 11.1 Å². The molecule has 0 unspecified atom stereocenters. The lowest BCUT2D eigenvalue weighted by atomic mass is 9.92. The summed E-state index contributed by atoms with van der Waals surface area (Å²) < 4.78 is 27.7. The Morgan fingerprint density at radius 1 is 1.03 bits per heavy atom. The minimum Gasteiger partial charge on any atom is -0.351 e. The minimum absolute atomic E-state index is 0.0504. The fourth-order valence-electron chi connectivity index (χ4n) is 4.34. The van der Waals surface area contributed by atoms with Gasteiger partial charge in [-0.15, -0.1) is 0 Å². The van der Waals surface area contributed by atoms with Gasteiger partial charge in [0.1, 0.15) is 0 Å². The van der Waals surface area contributed by atoms with Crippen molar-refractivity contribution in [2.24, 2.45) is 0 Å². The first-order chi connectivity index (χ1) is 14.5. The molecule has 0 aromatic heterocycles. The van der Waals surface area contributed by atoms with Gasteiger partial charge in [-0.1, -0.05) is 36.4 Å². The normalized spacial score (nSPS) is 19.4. The summed E-state index contributed by atoms with van der Waals surface area (Å²) in [6, 6.07) is 15.6. The highest BCUT2D eigenvalue weighted by Gasteiger charge is 2.25. The van der Waals surface area contributed by atoms with Gasteiger partial charge in [0, 0.05) is 25.7 Å². The number of hydrogen-bond donors (Lipinski definition) is 2. The maximum absolute atomic E-state index is 12.6. The number of likely N-dealkylation sites (tertiary alicyclic amines) is 1. The second-order valence-electron chi connectivity index (χ2n) is 8.24. The number of carbonyl (C=O) groups is 1. The van der Waals surface area contributed by atoms with E-state index < -0.39 is 10.0 Å². The Hall–Kier alpha value is -2.22. The Morgan fingerprint density at radius 3 is 2.60 bits per heavy atom. The third-order valence-electron chi connectivity index (χ3n) is 5.94. The van der Waals surface area contributed by atoms with Gasteiger partial charge in [0.15, 0.2) is 0 Å². The van der Waals surface area contributed by atoms with E-state index in [9.17, 15) is 13.2 Å². The molecule has 4 rings (SSSR count). The molecule has 1 atom stereocenters. The van der Waals surface area contributed by atoms with Gasteiger partial charge >= 0.3 is 0 Å². The Kier molecular flexibility index (Phi) is 6.51. The van der Waals surface area contributed by atoms with Gasteiger partial charge in [0.05, 0.1) is 11.4 Å². The fraction of sp³-hybridized carbons (Fsp3) is 0.435. The molecule has 0 bridgehead atoms. The number of fused-ring (bicyclic) bond motifs is 1. The summed E-state index contributed by atoms with van der Waals surface area (Å²) in [5.74, 6) is -0.289. The number of nitrogens with one attached hydrogen (secondary N) is 2. The molecule has 1 saturated heterocycles. The Balaban J connectivity index is 1.26. The molecule has 2 N–H and O–H groups in total. The molecule has 2 aliphatic rings. The Morgan fingerprint density at radius 2 is 1.80 bits per heavy atom. The second kappa shape index (κ2) is 9.29. The Bertz CT molecular complexity index is 992. The summed E-state index contributed by atoms with van der Waals surface area (Å²) in [7, 11) is -3.70. The number of rotatable bonds is 7. The van der Waals surface area contributed by atoms with Gasteiger partial charge in [-0.2, -0.15) is 0 Å². The zero-order valence-corrected chi connectivity index (χ0v) is 18.0. The highest BCUT2D eigenvalue weighted by Crippen LogP contribution is 2.24. The van der Waals surface area contributed by atoms with Crippen molar-refractivity contribution in [3.05, 3.63) is 65.2 Å². The number of amides is 1. The average Bonchev–Trinajstić information content (AvgIpc) is 3.19. The maximum Gasteiger partial charge on any atom is 0.241 e. The third-order valence-corrected chi connectivity index (χ3v) is 7.34. The zero-order valence-electron chi connectivity index (χ0n) is 17.1. The molecule has 2 aromatic carbocycles. The fourth-order valence-corrected chi connectivity index (χ4v) is 5.37. The Labute approximate surface area is 178 Å². The van der Waals surface area contributed by atoms with Crippen molar-refractivity contribution in [1.82, 2.24) is 14.9 Å². The van der Waals surface area contributed by atoms with Crippen LogP contribution in [0, 0.1) is 0 Å². The van der Waals surface area contributed by atoms with E-state index in [4.69, 9.17) is 0 Å². The molecule has 1 aliphatic heterocycles. The van der Waals surface area contributed by atoms with Crippen LogP contribution in [-0.2, 0) is 34.2 Å². The molecule has 160 valence electrons. The van der Waals surface area contributed by atoms with Crippen LogP contribution >= 0.6 is 0 Å². The summed E-state index contributed by atoms with van der Waals surface area (Å²) in [6.45, 7) is 2.31.